The first-order valence-electron chi connectivity index (χ1n) is 6.66. The fraction of sp³-hybridized carbons (Fsp3) is 0.200. The maximum atomic E-state index is 12.5. The largest absolute Gasteiger partial charge is 0.495 e. The lowest BCUT2D eigenvalue weighted by atomic mass is 10.1. The first-order valence-corrected chi connectivity index (χ1v) is 8.15. The molecule has 0 bridgehead atoms. The summed E-state index contributed by atoms with van der Waals surface area (Å²) in [4.78, 5) is 10.0. The first-order chi connectivity index (χ1) is 10.7. The molecule has 0 spiro atoms. The van der Waals surface area contributed by atoms with Crippen molar-refractivity contribution in [1.29, 1.82) is 0 Å². The van der Waals surface area contributed by atoms with E-state index in [1.807, 2.05) is 19.9 Å². The fourth-order valence-electron chi connectivity index (χ4n) is 2.24. The molecule has 0 unspecified atom stereocenters. The summed E-state index contributed by atoms with van der Waals surface area (Å²) in [6.07, 6.45) is 0. The zero-order chi connectivity index (χ0) is 17.2. The van der Waals surface area contributed by atoms with Crippen molar-refractivity contribution in [2.24, 2.45) is 0 Å². The lowest BCUT2D eigenvalue weighted by molar-refractivity contribution is -0.385. The molecule has 0 aliphatic rings. The van der Waals surface area contributed by atoms with Crippen molar-refractivity contribution < 1.29 is 18.1 Å². The smallest absolute Gasteiger partial charge is 0.273 e. The molecule has 23 heavy (non-hydrogen) atoms. The van der Waals surface area contributed by atoms with Gasteiger partial charge in [-0.1, -0.05) is 6.07 Å². The van der Waals surface area contributed by atoms with Crippen molar-refractivity contribution in [2.45, 2.75) is 18.7 Å². The molecular formula is C15H16N2O5S. The Morgan fingerprint density at radius 1 is 1.09 bits per heavy atom. The highest BCUT2D eigenvalue weighted by Gasteiger charge is 2.22. The number of hydrogen-bond acceptors (Lipinski definition) is 5. The molecule has 0 aromatic heterocycles. The second-order valence-electron chi connectivity index (χ2n) is 5.07. The lowest BCUT2D eigenvalue weighted by Crippen LogP contribution is -2.14. The van der Waals surface area contributed by atoms with Crippen LogP contribution in [0.3, 0.4) is 0 Å². The molecule has 7 nitrogen and oxygen atoms in total. The number of anilines is 1. The van der Waals surface area contributed by atoms with Gasteiger partial charge in [-0.05, 0) is 43.2 Å². The summed E-state index contributed by atoms with van der Waals surface area (Å²) >= 11 is 0. The summed E-state index contributed by atoms with van der Waals surface area (Å²) in [5.41, 5.74) is 2.01. The third-order valence-corrected chi connectivity index (χ3v) is 4.54. The van der Waals surface area contributed by atoms with Gasteiger partial charge in [-0.3, -0.25) is 14.8 Å². The van der Waals surface area contributed by atoms with E-state index >= 15 is 0 Å². The van der Waals surface area contributed by atoms with Gasteiger partial charge < -0.3 is 4.74 Å². The maximum absolute atomic E-state index is 12.5. The third kappa shape index (κ3) is 3.78. The number of nitrogens with one attached hydrogen (secondary N) is 1. The van der Waals surface area contributed by atoms with E-state index in [1.54, 1.807) is 12.1 Å². The van der Waals surface area contributed by atoms with E-state index < -0.39 is 14.9 Å². The van der Waals surface area contributed by atoms with Gasteiger partial charge in [-0.2, -0.15) is 0 Å². The summed E-state index contributed by atoms with van der Waals surface area (Å²) in [6.45, 7) is 3.72. The number of nitrogens with zero attached hydrogens (tertiary/aromatic N) is 1. The molecule has 0 aliphatic heterocycles. The molecule has 0 fully saturated rings. The van der Waals surface area contributed by atoms with E-state index in [9.17, 15) is 18.5 Å². The predicted octanol–water partition coefficient (Wildman–Crippen LogP) is 3.02. The minimum Gasteiger partial charge on any atom is -0.495 e. The topological polar surface area (TPSA) is 98.5 Å². The van der Waals surface area contributed by atoms with Crippen LogP contribution in [0.25, 0.3) is 0 Å². The molecule has 122 valence electrons. The molecule has 0 radical (unpaired) electrons. The molecule has 0 saturated heterocycles. The van der Waals surface area contributed by atoms with Crippen LogP contribution < -0.4 is 9.46 Å². The van der Waals surface area contributed by atoms with Crippen molar-refractivity contribution in [1.82, 2.24) is 0 Å². The Hall–Kier alpha value is -2.61. The van der Waals surface area contributed by atoms with Crippen LogP contribution >= 0.6 is 0 Å². The maximum Gasteiger partial charge on any atom is 0.273 e. The SMILES string of the molecule is COc1cc([N+](=O)[O-])ccc1S(=O)(=O)Nc1cc(C)cc(C)c1. The monoisotopic (exact) mass is 336 g/mol. The van der Waals surface area contributed by atoms with Crippen LogP contribution in [0, 0.1) is 24.0 Å². The van der Waals surface area contributed by atoms with Gasteiger partial charge in [0.1, 0.15) is 10.6 Å². The molecule has 0 atom stereocenters. The van der Waals surface area contributed by atoms with E-state index in [1.165, 1.54) is 7.11 Å². The summed E-state index contributed by atoms with van der Waals surface area (Å²) in [7, 11) is -2.67. The number of nitro groups is 1. The number of rotatable bonds is 5. The van der Waals surface area contributed by atoms with Gasteiger partial charge >= 0.3 is 0 Å². The van der Waals surface area contributed by atoms with E-state index in [2.05, 4.69) is 4.72 Å². The van der Waals surface area contributed by atoms with Crippen molar-refractivity contribution in [2.75, 3.05) is 11.8 Å². The molecule has 2 aromatic rings. The Morgan fingerprint density at radius 2 is 1.70 bits per heavy atom. The number of methoxy groups -OCH3 is 1. The molecule has 1 N–H and O–H groups in total. The van der Waals surface area contributed by atoms with Crippen LogP contribution in [0.2, 0.25) is 0 Å². The zero-order valence-electron chi connectivity index (χ0n) is 12.9. The van der Waals surface area contributed by atoms with Gasteiger partial charge in [0.25, 0.3) is 15.7 Å². The normalized spacial score (nSPS) is 11.1. The predicted molar refractivity (Wildman–Crippen MR) is 86.4 cm³/mol. The van der Waals surface area contributed by atoms with Gasteiger partial charge in [0.2, 0.25) is 0 Å². The molecule has 2 aromatic carbocycles. The Bertz CT molecular complexity index is 842. The van der Waals surface area contributed by atoms with Crippen LogP contribution in [0.5, 0.6) is 5.75 Å². The van der Waals surface area contributed by atoms with Crippen LogP contribution in [-0.4, -0.2) is 20.5 Å². The van der Waals surface area contributed by atoms with Crippen LogP contribution in [0.15, 0.2) is 41.3 Å². The van der Waals surface area contributed by atoms with Crippen molar-refractivity contribution >= 4 is 21.4 Å². The minimum absolute atomic E-state index is 0.0870. The van der Waals surface area contributed by atoms with Crippen molar-refractivity contribution in [3.8, 4) is 5.75 Å². The van der Waals surface area contributed by atoms with Crippen LogP contribution in [0.4, 0.5) is 11.4 Å². The molecule has 2 rings (SSSR count). The number of ether oxygens (including phenoxy) is 1. The van der Waals surface area contributed by atoms with E-state index in [0.717, 1.165) is 29.3 Å². The minimum atomic E-state index is -3.93. The van der Waals surface area contributed by atoms with Crippen molar-refractivity contribution in [3.05, 3.63) is 57.6 Å². The summed E-state index contributed by atoms with van der Waals surface area (Å²) in [6, 6.07) is 8.67. The average Bonchev–Trinajstić information content (AvgIpc) is 2.44. The molecular weight excluding hydrogens is 320 g/mol. The molecule has 0 amide bonds. The molecule has 0 heterocycles. The second kappa shape index (κ2) is 6.25. The number of nitro benzene ring substituents is 1. The van der Waals surface area contributed by atoms with E-state index in [4.69, 9.17) is 4.74 Å². The number of sulfonamides is 1. The molecule has 0 aliphatic carbocycles. The highest BCUT2D eigenvalue weighted by atomic mass is 32.2. The summed E-state index contributed by atoms with van der Waals surface area (Å²) in [5.74, 6) is -0.0870. The van der Waals surface area contributed by atoms with E-state index in [-0.39, 0.29) is 16.3 Å². The summed E-state index contributed by atoms with van der Waals surface area (Å²) < 4.78 is 32.5. The number of non-ortho nitro benzene ring substituents is 1. The van der Waals surface area contributed by atoms with Gasteiger partial charge in [0.05, 0.1) is 18.1 Å². The Kier molecular flexibility index (Phi) is 4.55. The fourth-order valence-corrected chi connectivity index (χ4v) is 3.43. The van der Waals surface area contributed by atoms with Gasteiger partial charge in [-0.25, -0.2) is 8.42 Å². The highest BCUT2D eigenvalue weighted by Crippen LogP contribution is 2.30. The molecule has 8 heteroatoms. The number of hydrogen-bond donors (Lipinski definition) is 1. The first kappa shape index (κ1) is 16.8. The van der Waals surface area contributed by atoms with E-state index in [0.29, 0.717) is 5.69 Å². The summed E-state index contributed by atoms with van der Waals surface area (Å²) in [5, 5.41) is 10.8. The lowest BCUT2D eigenvalue weighted by Gasteiger charge is -2.12. The Balaban J connectivity index is 2.45. The van der Waals surface area contributed by atoms with Crippen LogP contribution in [0.1, 0.15) is 11.1 Å². The third-order valence-electron chi connectivity index (χ3n) is 3.12. The average molecular weight is 336 g/mol. The number of benzene rings is 2. The second-order valence-corrected chi connectivity index (χ2v) is 6.72. The van der Waals surface area contributed by atoms with Gasteiger partial charge in [0.15, 0.2) is 0 Å². The Morgan fingerprint density at radius 3 is 2.22 bits per heavy atom. The van der Waals surface area contributed by atoms with Gasteiger partial charge in [0, 0.05) is 11.8 Å². The standard InChI is InChI=1S/C15H16N2O5S/c1-10-6-11(2)8-12(7-10)16-23(20,21)15-5-4-13(17(18)19)9-14(15)22-3/h4-9,16H,1-3H3. The number of aryl methyl sites for hydroxylation is 2. The van der Waals surface area contributed by atoms with Crippen molar-refractivity contribution in [3.63, 3.8) is 0 Å². The quantitative estimate of drug-likeness (QED) is 0.668. The van der Waals surface area contributed by atoms with Gasteiger partial charge in [-0.15, -0.1) is 0 Å². The molecule has 0 saturated carbocycles. The van der Waals surface area contributed by atoms with Crippen LogP contribution in [-0.2, 0) is 10.0 Å². The highest BCUT2D eigenvalue weighted by molar-refractivity contribution is 7.92. The zero-order valence-corrected chi connectivity index (χ0v) is 13.7. The Labute approximate surface area is 134 Å².